The van der Waals surface area contributed by atoms with Crippen molar-refractivity contribution in [1.29, 1.82) is 0 Å². The zero-order chi connectivity index (χ0) is 18.7. The number of amides is 2. The zero-order valence-electron chi connectivity index (χ0n) is 15.1. The van der Waals surface area contributed by atoms with Crippen LogP contribution >= 0.6 is 0 Å². The maximum atomic E-state index is 12.4. The van der Waals surface area contributed by atoms with Crippen molar-refractivity contribution in [3.05, 3.63) is 40.9 Å². The summed E-state index contributed by atoms with van der Waals surface area (Å²) in [5.74, 6) is 0.484. The number of hydrogen-bond acceptors (Lipinski definition) is 4. The quantitative estimate of drug-likeness (QED) is 0.886. The van der Waals surface area contributed by atoms with Crippen LogP contribution in [0.3, 0.4) is 0 Å². The summed E-state index contributed by atoms with van der Waals surface area (Å²) in [5, 5.41) is 3.08. The molecule has 2 atom stereocenters. The minimum atomic E-state index is -0.379. The summed E-state index contributed by atoms with van der Waals surface area (Å²) in [4.78, 5) is 42.9. The Balaban J connectivity index is 1.58. The minimum absolute atomic E-state index is 0.0476. The normalized spacial score (nSPS) is 20.2. The predicted octanol–water partition coefficient (Wildman–Crippen LogP) is 1.02. The second-order valence-electron chi connectivity index (χ2n) is 7.22. The number of aromatic nitrogens is 2. The van der Waals surface area contributed by atoms with Gasteiger partial charge in [0.25, 0.3) is 5.56 Å². The third-order valence-corrected chi connectivity index (χ3v) is 4.70. The van der Waals surface area contributed by atoms with Gasteiger partial charge in [-0.25, -0.2) is 4.98 Å². The second kappa shape index (κ2) is 7.68. The zero-order valence-corrected chi connectivity index (χ0v) is 15.1. The van der Waals surface area contributed by atoms with Gasteiger partial charge in [0, 0.05) is 13.1 Å². The molecule has 0 radical (unpaired) electrons. The first kappa shape index (κ1) is 18.1. The number of piperidine rings is 1. The van der Waals surface area contributed by atoms with Crippen molar-refractivity contribution in [1.82, 2.24) is 19.8 Å². The van der Waals surface area contributed by atoms with Crippen LogP contribution in [-0.4, -0.2) is 45.9 Å². The predicted molar refractivity (Wildman–Crippen MR) is 98.5 cm³/mol. The number of para-hydroxylation sites is 1. The molecule has 138 valence electrons. The largest absolute Gasteiger partial charge is 0.345 e. The lowest BCUT2D eigenvalue weighted by molar-refractivity contribution is -0.135. The molecule has 1 N–H and O–H groups in total. The number of carbonyl (C=O) groups is 2. The molecule has 1 fully saturated rings. The summed E-state index contributed by atoms with van der Waals surface area (Å²) in [6.07, 6.45) is 2.48. The van der Waals surface area contributed by atoms with E-state index in [4.69, 9.17) is 0 Å². The lowest BCUT2D eigenvalue weighted by atomic mass is 9.92. The van der Waals surface area contributed by atoms with Crippen LogP contribution in [0.1, 0.15) is 20.3 Å². The molecule has 0 spiro atoms. The van der Waals surface area contributed by atoms with E-state index in [1.165, 1.54) is 10.9 Å². The van der Waals surface area contributed by atoms with Crippen molar-refractivity contribution in [2.75, 3.05) is 19.6 Å². The molecule has 7 nitrogen and oxygen atoms in total. The molecule has 1 saturated heterocycles. The maximum Gasteiger partial charge on any atom is 0.261 e. The van der Waals surface area contributed by atoms with Crippen LogP contribution in [0.25, 0.3) is 10.9 Å². The van der Waals surface area contributed by atoms with Crippen molar-refractivity contribution in [3.8, 4) is 0 Å². The summed E-state index contributed by atoms with van der Waals surface area (Å²) in [7, 11) is 0. The van der Waals surface area contributed by atoms with E-state index >= 15 is 0 Å². The van der Waals surface area contributed by atoms with Crippen molar-refractivity contribution in [3.63, 3.8) is 0 Å². The van der Waals surface area contributed by atoms with E-state index < -0.39 is 0 Å². The molecule has 1 aromatic heterocycles. The average molecular weight is 356 g/mol. The second-order valence-corrected chi connectivity index (χ2v) is 7.22. The van der Waals surface area contributed by atoms with Crippen LogP contribution in [0.15, 0.2) is 35.4 Å². The molecular weight excluding hydrogens is 332 g/mol. The Labute approximate surface area is 152 Å². The van der Waals surface area contributed by atoms with Gasteiger partial charge in [-0.15, -0.1) is 0 Å². The molecule has 1 aliphatic rings. The number of rotatable bonds is 4. The lowest BCUT2D eigenvalue weighted by Gasteiger charge is -2.35. The van der Waals surface area contributed by atoms with Gasteiger partial charge < -0.3 is 10.2 Å². The van der Waals surface area contributed by atoms with E-state index in [1.807, 2.05) is 4.90 Å². The van der Waals surface area contributed by atoms with Gasteiger partial charge >= 0.3 is 0 Å². The molecule has 0 bridgehead atoms. The molecule has 2 amide bonds. The highest BCUT2D eigenvalue weighted by Crippen LogP contribution is 2.20. The van der Waals surface area contributed by atoms with Gasteiger partial charge in [0.15, 0.2) is 0 Å². The van der Waals surface area contributed by atoms with E-state index in [9.17, 15) is 14.4 Å². The number of hydrogen-bond donors (Lipinski definition) is 1. The first-order valence-corrected chi connectivity index (χ1v) is 8.92. The Morgan fingerprint density at radius 1 is 1.19 bits per heavy atom. The summed E-state index contributed by atoms with van der Waals surface area (Å²) >= 11 is 0. The molecule has 2 aromatic rings. The van der Waals surface area contributed by atoms with Crippen LogP contribution in [0.4, 0.5) is 0 Å². The van der Waals surface area contributed by atoms with E-state index in [2.05, 4.69) is 24.1 Å². The average Bonchev–Trinajstić information content (AvgIpc) is 2.61. The van der Waals surface area contributed by atoms with Gasteiger partial charge in [-0.2, -0.15) is 0 Å². The van der Waals surface area contributed by atoms with Gasteiger partial charge in [0.1, 0.15) is 6.54 Å². The van der Waals surface area contributed by atoms with Gasteiger partial charge in [-0.1, -0.05) is 26.0 Å². The summed E-state index contributed by atoms with van der Waals surface area (Å²) in [6, 6.07) is 7.00. The van der Waals surface area contributed by atoms with Crippen molar-refractivity contribution >= 4 is 22.7 Å². The Hall–Kier alpha value is -2.70. The van der Waals surface area contributed by atoms with Crippen molar-refractivity contribution < 1.29 is 9.59 Å². The topological polar surface area (TPSA) is 84.3 Å². The fourth-order valence-electron chi connectivity index (χ4n) is 3.58. The molecule has 1 aliphatic heterocycles. The number of nitrogens with one attached hydrogen (secondary N) is 1. The highest BCUT2D eigenvalue weighted by molar-refractivity contribution is 5.85. The molecular formula is C19H24N4O3. The molecule has 0 unspecified atom stereocenters. The molecule has 26 heavy (non-hydrogen) atoms. The number of fused-ring (bicyclic) bond motifs is 1. The third kappa shape index (κ3) is 4.09. The van der Waals surface area contributed by atoms with Crippen LogP contribution < -0.4 is 10.9 Å². The Morgan fingerprint density at radius 3 is 2.62 bits per heavy atom. The van der Waals surface area contributed by atoms with E-state index in [1.54, 1.807) is 24.3 Å². The SMILES string of the molecule is C[C@@H]1C[C@@H](C)CN(C(=O)CNC(=O)Cn2cnc3ccccc3c2=O)C1. The lowest BCUT2D eigenvalue weighted by Crippen LogP contribution is -2.47. The summed E-state index contributed by atoms with van der Waals surface area (Å²) in [5.41, 5.74) is 0.327. The maximum absolute atomic E-state index is 12.4. The number of carbonyl (C=O) groups excluding carboxylic acids is 2. The van der Waals surface area contributed by atoms with Crippen molar-refractivity contribution in [2.24, 2.45) is 11.8 Å². The fraction of sp³-hybridized carbons (Fsp3) is 0.474. The van der Waals surface area contributed by atoms with Gasteiger partial charge in [-0.05, 0) is 30.4 Å². The molecule has 2 heterocycles. The minimum Gasteiger partial charge on any atom is -0.345 e. The van der Waals surface area contributed by atoms with Crippen LogP contribution in [0.5, 0.6) is 0 Å². The molecule has 0 saturated carbocycles. The van der Waals surface area contributed by atoms with Gasteiger partial charge in [-0.3, -0.25) is 19.0 Å². The van der Waals surface area contributed by atoms with E-state index in [0.29, 0.717) is 22.7 Å². The fourth-order valence-corrected chi connectivity index (χ4v) is 3.58. The summed E-state index contributed by atoms with van der Waals surface area (Å²) < 4.78 is 1.26. The summed E-state index contributed by atoms with van der Waals surface area (Å²) in [6.45, 7) is 5.52. The molecule has 1 aromatic carbocycles. The Kier molecular flexibility index (Phi) is 5.35. The third-order valence-electron chi connectivity index (χ3n) is 4.70. The van der Waals surface area contributed by atoms with Crippen molar-refractivity contribution in [2.45, 2.75) is 26.8 Å². The van der Waals surface area contributed by atoms with E-state index in [-0.39, 0.29) is 30.5 Å². The Bertz CT molecular complexity index is 866. The highest BCUT2D eigenvalue weighted by Gasteiger charge is 2.25. The smallest absolute Gasteiger partial charge is 0.261 e. The first-order chi connectivity index (χ1) is 12.4. The van der Waals surface area contributed by atoms with Gasteiger partial charge in [0.05, 0.1) is 23.8 Å². The molecule has 3 rings (SSSR count). The monoisotopic (exact) mass is 356 g/mol. The van der Waals surface area contributed by atoms with E-state index in [0.717, 1.165) is 19.5 Å². The number of nitrogens with zero attached hydrogens (tertiary/aromatic N) is 3. The molecule has 7 heteroatoms. The number of benzene rings is 1. The van der Waals surface area contributed by atoms with Crippen LogP contribution in [-0.2, 0) is 16.1 Å². The Morgan fingerprint density at radius 2 is 1.88 bits per heavy atom. The van der Waals surface area contributed by atoms with Gasteiger partial charge in [0.2, 0.25) is 11.8 Å². The molecule has 0 aliphatic carbocycles. The standard InChI is InChI=1S/C19H24N4O3/c1-13-7-14(2)10-22(9-13)18(25)8-20-17(24)11-23-12-21-16-6-4-3-5-15(16)19(23)26/h3-6,12-14H,7-11H2,1-2H3,(H,20,24)/t13-,14-/m1/s1. The van der Waals surface area contributed by atoms with Crippen LogP contribution in [0, 0.1) is 11.8 Å². The number of likely N-dealkylation sites (tertiary alicyclic amines) is 1. The van der Waals surface area contributed by atoms with Crippen LogP contribution in [0.2, 0.25) is 0 Å². The first-order valence-electron chi connectivity index (χ1n) is 8.92. The highest BCUT2D eigenvalue weighted by atomic mass is 16.2.